The molecule has 0 spiro atoms. The Morgan fingerprint density at radius 3 is 2.26 bits per heavy atom. The van der Waals surface area contributed by atoms with E-state index in [9.17, 15) is 4.79 Å². The number of nitrogens with zero attached hydrogens (tertiary/aromatic N) is 1. The van der Waals surface area contributed by atoms with Gasteiger partial charge >= 0.3 is 0 Å². The summed E-state index contributed by atoms with van der Waals surface area (Å²) in [4.78, 5) is 12.9. The van der Waals surface area contributed by atoms with E-state index in [2.05, 4.69) is 10.5 Å². The van der Waals surface area contributed by atoms with Crippen molar-refractivity contribution < 1.29 is 33.0 Å². The highest BCUT2D eigenvalue weighted by Crippen LogP contribution is 2.39. The van der Waals surface area contributed by atoms with Crippen molar-refractivity contribution in [3.8, 4) is 40.1 Å². The molecule has 34 heavy (non-hydrogen) atoms. The van der Waals surface area contributed by atoms with E-state index in [0.717, 1.165) is 5.56 Å². The van der Waals surface area contributed by atoms with Crippen molar-refractivity contribution in [1.82, 2.24) is 10.5 Å². The van der Waals surface area contributed by atoms with Crippen LogP contribution in [0.2, 0.25) is 0 Å². The molecule has 3 aromatic rings. The minimum absolute atomic E-state index is 0.189. The van der Waals surface area contributed by atoms with Crippen molar-refractivity contribution in [2.45, 2.75) is 27.3 Å². The third kappa shape index (κ3) is 5.19. The summed E-state index contributed by atoms with van der Waals surface area (Å²) in [6.07, 6.45) is 0. The van der Waals surface area contributed by atoms with Crippen LogP contribution >= 0.6 is 0 Å². The molecule has 4 rings (SSSR count). The first-order chi connectivity index (χ1) is 16.6. The van der Waals surface area contributed by atoms with E-state index < -0.39 is 0 Å². The van der Waals surface area contributed by atoms with Crippen LogP contribution < -0.4 is 29.0 Å². The smallest absolute Gasteiger partial charge is 0.251 e. The summed E-state index contributed by atoms with van der Waals surface area (Å²) in [5.74, 6) is 3.05. The van der Waals surface area contributed by atoms with Crippen LogP contribution in [-0.4, -0.2) is 44.1 Å². The molecular formula is C25H28N2O7. The average Bonchev–Trinajstić information content (AvgIpc) is 3.33. The Balaban J connectivity index is 1.47. The van der Waals surface area contributed by atoms with Crippen LogP contribution in [0.1, 0.15) is 36.8 Å². The highest BCUT2D eigenvalue weighted by molar-refractivity contribution is 5.95. The first kappa shape index (κ1) is 23.3. The van der Waals surface area contributed by atoms with Gasteiger partial charge in [0.1, 0.15) is 18.9 Å². The molecule has 0 bridgehead atoms. The maximum atomic E-state index is 12.9. The molecule has 0 saturated heterocycles. The second-order valence-corrected chi connectivity index (χ2v) is 7.32. The number of rotatable bonds is 10. The predicted molar refractivity (Wildman–Crippen MR) is 124 cm³/mol. The quantitative estimate of drug-likeness (QED) is 0.472. The number of amides is 1. The van der Waals surface area contributed by atoms with E-state index in [1.165, 1.54) is 0 Å². The lowest BCUT2D eigenvalue weighted by atomic mass is 10.1. The summed E-state index contributed by atoms with van der Waals surface area (Å²) in [6, 6.07) is 10.6. The molecule has 9 heteroatoms. The zero-order valence-electron chi connectivity index (χ0n) is 19.5. The van der Waals surface area contributed by atoms with Gasteiger partial charge in [-0.2, -0.15) is 0 Å². The lowest BCUT2D eigenvalue weighted by Gasteiger charge is -2.18. The summed E-state index contributed by atoms with van der Waals surface area (Å²) in [5, 5.41) is 6.93. The van der Waals surface area contributed by atoms with Gasteiger partial charge in [-0.05, 0) is 51.1 Å². The maximum Gasteiger partial charge on any atom is 0.251 e. The molecule has 0 atom stereocenters. The monoisotopic (exact) mass is 468 g/mol. The lowest BCUT2D eigenvalue weighted by molar-refractivity contribution is 0.0949. The number of benzene rings is 2. The fourth-order valence-corrected chi connectivity index (χ4v) is 3.52. The molecular weight excluding hydrogens is 440 g/mol. The van der Waals surface area contributed by atoms with E-state index in [0.29, 0.717) is 78.8 Å². The average molecular weight is 469 g/mol. The molecule has 2 aromatic carbocycles. The number of nitrogens with one attached hydrogen (secondary N) is 1. The minimum Gasteiger partial charge on any atom is -0.490 e. The highest BCUT2D eigenvalue weighted by atomic mass is 16.6. The molecule has 9 nitrogen and oxygen atoms in total. The molecule has 2 heterocycles. The van der Waals surface area contributed by atoms with Crippen LogP contribution in [0.3, 0.4) is 0 Å². The van der Waals surface area contributed by atoms with Gasteiger partial charge in [0, 0.05) is 17.2 Å². The van der Waals surface area contributed by atoms with Gasteiger partial charge in [0.25, 0.3) is 5.91 Å². The first-order valence-electron chi connectivity index (χ1n) is 11.3. The maximum absolute atomic E-state index is 12.9. The Labute approximate surface area is 197 Å². The van der Waals surface area contributed by atoms with E-state index in [1.54, 1.807) is 18.2 Å². The van der Waals surface area contributed by atoms with Gasteiger partial charge in [-0.3, -0.25) is 4.79 Å². The van der Waals surface area contributed by atoms with Gasteiger partial charge in [0.2, 0.25) is 5.75 Å². The van der Waals surface area contributed by atoms with Gasteiger partial charge < -0.3 is 33.5 Å². The second-order valence-electron chi connectivity index (χ2n) is 7.32. The van der Waals surface area contributed by atoms with Crippen LogP contribution in [0.5, 0.6) is 28.7 Å². The van der Waals surface area contributed by atoms with Crippen molar-refractivity contribution >= 4 is 5.91 Å². The zero-order valence-corrected chi connectivity index (χ0v) is 19.5. The van der Waals surface area contributed by atoms with Crippen molar-refractivity contribution in [1.29, 1.82) is 0 Å². The fraction of sp³-hybridized carbons (Fsp3) is 0.360. The van der Waals surface area contributed by atoms with Crippen LogP contribution in [0.15, 0.2) is 40.9 Å². The molecule has 0 fully saturated rings. The van der Waals surface area contributed by atoms with Gasteiger partial charge in [-0.15, -0.1) is 0 Å². The molecule has 1 aliphatic rings. The number of carbonyl (C=O) groups is 1. The van der Waals surface area contributed by atoms with E-state index in [1.807, 2.05) is 39.0 Å². The number of carbonyl (C=O) groups excluding carboxylic acids is 1. The summed E-state index contributed by atoms with van der Waals surface area (Å²) in [5.41, 5.74) is 1.79. The van der Waals surface area contributed by atoms with Crippen molar-refractivity contribution in [3.63, 3.8) is 0 Å². The Kier molecular flexibility index (Phi) is 7.41. The lowest BCUT2D eigenvalue weighted by Crippen LogP contribution is -2.23. The topological polar surface area (TPSA) is 101 Å². The molecule has 1 aliphatic heterocycles. The third-order valence-electron chi connectivity index (χ3n) is 4.99. The molecule has 1 amide bonds. The van der Waals surface area contributed by atoms with Crippen LogP contribution in [-0.2, 0) is 6.54 Å². The molecule has 180 valence electrons. The third-order valence-corrected chi connectivity index (χ3v) is 4.99. The van der Waals surface area contributed by atoms with Crippen LogP contribution in [0, 0.1) is 0 Å². The summed E-state index contributed by atoms with van der Waals surface area (Å²) in [7, 11) is 0. The fourth-order valence-electron chi connectivity index (χ4n) is 3.52. The number of fused-ring (bicyclic) bond motifs is 1. The molecule has 1 aromatic heterocycles. The molecule has 1 N–H and O–H groups in total. The summed E-state index contributed by atoms with van der Waals surface area (Å²) < 4.78 is 33.7. The molecule has 0 radical (unpaired) electrons. The summed E-state index contributed by atoms with van der Waals surface area (Å²) >= 11 is 0. The normalized spacial score (nSPS) is 12.2. The SMILES string of the molecule is CCOc1cc(C(=O)NCc2cc(-c3ccc4c(c3)OCCO4)on2)cc(OCC)c1OCC. The standard InChI is InChI=1S/C25H28N2O7/c1-4-29-22-12-17(13-23(30-5-2)24(22)31-6-3)25(28)26-15-18-14-20(34-27-18)16-7-8-19-21(11-16)33-10-9-32-19/h7-8,11-14H,4-6,9-10,15H2,1-3H3,(H,26,28). The predicted octanol–water partition coefficient (Wildman–Crippen LogP) is 4.24. The van der Waals surface area contributed by atoms with Crippen molar-refractivity contribution in [2.24, 2.45) is 0 Å². The minimum atomic E-state index is -0.297. The Morgan fingerprint density at radius 1 is 0.912 bits per heavy atom. The Morgan fingerprint density at radius 2 is 1.59 bits per heavy atom. The Bertz CT molecular complexity index is 1120. The number of hydrogen-bond acceptors (Lipinski definition) is 8. The van der Waals surface area contributed by atoms with Gasteiger partial charge in [0.05, 0.1) is 26.4 Å². The molecule has 0 aliphatic carbocycles. The number of hydrogen-bond donors (Lipinski definition) is 1. The van der Waals surface area contributed by atoms with Gasteiger partial charge in [-0.25, -0.2) is 0 Å². The molecule has 0 saturated carbocycles. The molecule has 0 unspecified atom stereocenters. The van der Waals surface area contributed by atoms with Gasteiger partial charge in [-0.1, -0.05) is 5.16 Å². The zero-order chi connectivity index (χ0) is 23.9. The van der Waals surface area contributed by atoms with Gasteiger partial charge in [0.15, 0.2) is 28.8 Å². The second kappa shape index (κ2) is 10.8. The highest BCUT2D eigenvalue weighted by Gasteiger charge is 2.19. The Hall–Kier alpha value is -3.88. The van der Waals surface area contributed by atoms with Crippen LogP contribution in [0.4, 0.5) is 0 Å². The largest absolute Gasteiger partial charge is 0.490 e. The van der Waals surface area contributed by atoms with Crippen LogP contribution in [0.25, 0.3) is 11.3 Å². The van der Waals surface area contributed by atoms with E-state index >= 15 is 0 Å². The van der Waals surface area contributed by atoms with E-state index in [-0.39, 0.29) is 12.5 Å². The number of ether oxygens (including phenoxy) is 5. The summed E-state index contributed by atoms with van der Waals surface area (Å²) in [6.45, 7) is 8.15. The van der Waals surface area contributed by atoms with E-state index in [4.69, 9.17) is 28.2 Å². The van der Waals surface area contributed by atoms with Crippen molar-refractivity contribution in [2.75, 3.05) is 33.0 Å². The number of aromatic nitrogens is 1. The van der Waals surface area contributed by atoms with Crippen molar-refractivity contribution in [3.05, 3.63) is 47.7 Å². The first-order valence-corrected chi connectivity index (χ1v) is 11.3.